The predicted molar refractivity (Wildman–Crippen MR) is 236 cm³/mol. The van der Waals surface area contributed by atoms with Crippen LogP contribution >= 0.6 is 11.3 Å². The second-order valence-electron chi connectivity index (χ2n) is 14.4. The lowest BCUT2D eigenvalue weighted by Crippen LogP contribution is -2.00. The number of thiophene rings is 1. The van der Waals surface area contributed by atoms with Crippen molar-refractivity contribution in [1.82, 2.24) is 19.5 Å². The third-order valence-electron chi connectivity index (χ3n) is 11.1. The fraction of sp³-hybridized carbons (Fsp3) is 0. The summed E-state index contributed by atoms with van der Waals surface area (Å²) in [6.07, 6.45) is 0. The lowest BCUT2D eigenvalue weighted by molar-refractivity contribution is 0.669. The number of aromatic nitrogens is 4. The molecule has 0 aliphatic carbocycles. The van der Waals surface area contributed by atoms with Crippen LogP contribution in [0.15, 0.2) is 186 Å². The van der Waals surface area contributed by atoms with Crippen molar-refractivity contribution in [2.24, 2.45) is 0 Å². The van der Waals surface area contributed by atoms with Crippen LogP contribution in [0.2, 0.25) is 0 Å². The minimum Gasteiger partial charge on any atom is -0.456 e. The zero-order chi connectivity index (χ0) is 37.5. The van der Waals surface area contributed by atoms with E-state index < -0.39 is 0 Å². The molecule has 0 amide bonds. The molecule has 57 heavy (non-hydrogen) atoms. The van der Waals surface area contributed by atoms with Gasteiger partial charge in [0.25, 0.3) is 0 Å². The Kier molecular flexibility index (Phi) is 7.03. The number of rotatable bonds is 5. The van der Waals surface area contributed by atoms with E-state index in [1.807, 2.05) is 59.9 Å². The zero-order valence-corrected chi connectivity index (χ0v) is 31.2. The Morgan fingerprint density at radius 1 is 0.404 bits per heavy atom. The van der Waals surface area contributed by atoms with Gasteiger partial charge in [-0.3, -0.25) is 0 Å². The van der Waals surface area contributed by atoms with Gasteiger partial charge < -0.3 is 8.98 Å². The van der Waals surface area contributed by atoms with Gasteiger partial charge in [-0.05, 0) is 59.7 Å². The zero-order valence-electron chi connectivity index (χ0n) is 30.4. The quantitative estimate of drug-likeness (QED) is 0.176. The van der Waals surface area contributed by atoms with Crippen molar-refractivity contribution in [1.29, 1.82) is 0 Å². The molecule has 4 aromatic heterocycles. The van der Waals surface area contributed by atoms with Crippen LogP contribution in [0.3, 0.4) is 0 Å². The van der Waals surface area contributed by atoms with Crippen LogP contribution in [-0.4, -0.2) is 19.5 Å². The molecule has 0 aliphatic heterocycles. The molecule has 0 bridgehead atoms. The van der Waals surface area contributed by atoms with Crippen molar-refractivity contribution in [2.45, 2.75) is 0 Å². The molecule has 0 saturated heterocycles. The monoisotopic (exact) mass is 746 g/mol. The van der Waals surface area contributed by atoms with Gasteiger partial charge in [0.1, 0.15) is 11.2 Å². The van der Waals surface area contributed by atoms with Crippen molar-refractivity contribution < 1.29 is 4.42 Å². The maximum atomic E-state index is 6.40. The maximum Gasteiger partial charge on any atom is 0.164 e. The summed E-state index contributed by atoms with van der Waals surface area (Å²) in [6, 6.07) is 63.8. The number of hydrogen-bond donors (Lipinski definition) is 0. The summed E-state index contributed by atoms with van der Waals surface area (Å²) in [5.41, 5.74) is 10.4. The third kappa shape index (κ3) is 5.04. The average molecular weight is 747 g/mol. The first kappa shape index (κ1) is 31.9. The summed E-state index contributed by atoms with van der Waals surface area (Å²) in [5.74, 6) is 1.95. The van der Waals surface area contributed by atoms with E-state index in [2.05, 4.69) is 138 Å². The van der Waals surface area contributed by atoms with Gasteiger partial charge >= 0.3 is 0 Å². The molecule has 0 spiro atoms. The van der Waals surface area contributed by atoms with Crippen LogP contribution in [0, 0.1) is 0 Å². The Morgan fingerprint density at radius 3 is 1.77 bits per heavy atom. The first-order valence-electron chi connectivity index (χ1n) is 19.0. The highest BCUT2D eigenvalue weighted by Gasteiger charge is 2.21. The Morgan fingerprint density at radius 2 is 1.02 bits per heavy atom. The molecule has 0 aliphatic rings. The van der Waals surface area contributed by atoms with Gasteiger partial charge in [-0.15, -0.1) is 11.3 Å². The van der Waals surface area contributed by atoms with Gasteiger partial charge in [0.05, 0.1) is 11.0 Å². The normalized spacial score (nSPS) is 11.9. The Hall–Kier alpha value is -7.41. The second kappa shape index (κ2) is 12.6. The van der Waals surface area contributed by atoms with E-state index in [0.29, 0.717) is 17.5 Å². The number of fused-ring (bicyclic) bond motifs is 9. The molecule has 0 atom stereocenters. The van der Waals surface area contributed by atoms with Crippen LogP contribution in [-0.2, 0) is 0 Å². The largest absolute Gasteiger partial charge is 0.456 e. The molecule has 0 radical (unpaired) electrons. The predicted octanol–water partition coefficient (Wildman–Crippen LogP) is 13.9. The van der Waals surface area contributed by atoms with Gasteiger partial charge in [0.2, 0.25) is 0 Å². The summed E-state index contributed by atoms with van der Waals surface area (Å²) in [5, 5.41) is 6.95. The van der Waals surface area contributed by atoms with Gasteiger partial charge in [-0.25, -0.2) is 15.0 Å². The minimum atomic E-state index is 0.649. The lowest BCUT2D eigenvalue weighted by atomic mass is 9.97. The highest BCUT2D eigenvalue weighted by atomic mass is 32.1. The smallest absolute Gasteiger partial charge is 0.164 e. The van der Waals surface area contributed by atoms with Crippen LogP contribution in [0.1, 0.15) is 0 Å². The average Bonchev–Trinajstić information content (AvgIpc) is 3.95. The molecule has 0 fully saturated rings. The third-order valence-corrected chi connectivity index (χ3v) is 12.3. The molecule has 266 valence electrons. The maximum absolute atomic E-state index is 6.40. The van der Waals surface area contributed by atoms with Crippen molar-refractivity contribution in [2.75, 3.05) is 0 Å². The van der Waals surface area contributed by atoms with E-state index in [1.54, 1.807) is 0 Å². The summed E-state index contributed by atoms with van der Waals surface area (Å²) in [4.78, 5) is 15.3. The molecule has 0 saturated carbocycles. The fourth-order valence-corrected chi connectivity index (χ4v) is 9.70. The molecule has 12 rings (SSSR count). The minimum absolute atomic E-state index is 0.649. The summed E-state index contributed by atoms with van der Waals surface area (Å²) in [6.45, 7) is 0. The van der Waals surface area contributed by atoms with Crippen molar-refractivity contribution in [3.05, 3.63) is 182 Å². The molecule has 0 N–H and O–H groups in total. The number of nitrogens with zero attached hydrogens (tertiary/aromatic N) is 4. The number of hydrogen-bond acceptors (Lipinski definition) is 5. The standard InChI is InChI=1S/C51H30N4OS/c1-4-14-31(15-5-1)49-52-50(32-16-6-2-7-17-32)54-51(53-49)38-26-25-35(48-47(38)37-21-11-13-23-46(37)57-48)33-24-27-42-39(28-33)40-29-41-36-20-10-12-22-44(36)56-45(41)30-43(40)55(42)34-18-8-3-9-19-34/h1-30H. The second-order valence-corrected chi connectivity index (χ2v) is 15.4. The van der Waals surface area contributed by atoms with Gasteiger partial charge in [0.15, 0.2) is 17.5 Å². The van der Waals surface area contributed by atoms with Crippen molar-refractivity contribution >= 4 is 75.3 Å². The molecular weight excluding hydrogens is 717 g/mol. The van der Waals surface area contributed by atoms with E-state index in [9.17, 15) is 0 Å². The molecule has 6 heteroatoms. The molecule has 0 unspecified atom stereocenters. The van der Waals surface area contributed by atoms with Crippen molar-refractivity contribution in [3.63, 3.8) is 0 Å². The Bertz CT molecular complexity index is 3460. The number of para-hydroxylation sites is 2. The van der Waals surface area contributed by atoms with E-state index in [0.717, 1.165) is 66.3 Å². The first-order valence-corrected chi connectivity index (χ1v) is 19.8. The summed E-state index contributed by atoms with van der Waals surface area (Å²) < 4.78 is 11.2. The van der Waals surface area contributed by atoms with Gasteiger partial charge in [-0.1, -0.05) is 127 Å². The van der Waals surface area contributed by atoms with Crippen molar-refractivity contribution in [3.8, 4) is 51.0 Å². The van der Waals surface area contributed by atoms with Gasteiger partial charge in [-0.2, -0.15) is 0 Å². The molecule has 8 aromatic carbocycles. The Labute approximate surface area is 330 Å². The topological polar surface area (TPSA) is 56.7 Å². The number of benzene rings is 8. The molecule has 4 heterocycles. The molecule has 5 nitrogen and oxygen atoms in total. The molecular formula is C51H30N4OS. The Balaban J connectivity index is 1.11. The van der Waals surface area contributed by atoms with Crippen LogP contribution in [0.25, 0.3) is 115 Å². The van der Waals surface area contributed by atoms with E-state index in [4.69, 9.17) is 19.4 Å². The summed E-state index contributed by atoms with van der Waals surface area (Å²) in [7, 11) is 0. The van der Waals surface area contributed by atoms with Crippen LogP contribution < -0.4 is 0 Å². The van der Waals surface area contributed by atoms with E-state index in [1.165, 1.54) is 31.1 Å². The highest BCUT2D eigenvalue weighted by Crippen LogP contribution is 2.46. The van der Waals surface area contributed by atoms with Gasteiger partial charge in [0, 0.05) is 70.2 Å². The van der Waals surface area contributed by atoms with Crippen LogP contribution in [0.5, 0.6) is 0 Å². The van der Waals surface area contributed by atoms with E-state index >= 15 is 0 Å². The fourth-order valence-electron chi connectivity index (χ4n) is 8.43. The summed E-state index contributed by atoms with van der Waals surface area (Å²) >= 11 is 1.82. The number of furan rings is 1. The highest BCUT2D eigenvalue weighted by molar-refractivity contribution is 7.26. The lowest BCUT2D eigenvalue weighted by Gasteiger charge is -2.12. The SMILES string of the molecule is c1ccc(-c2nc(-c3ccccc3)nc(-c3ccc(-c4ccc5c(c4)c4cc6c(cc4n5-c4ccccc4)oc4ccccc46)c4sc5ccccc5c34)n2)cc1. The molecule has 12 aromatic rings. The first-order chi connectivity index (χ1) is 28.2. The van der Waals surface area contributed by atoms with Crippen LogP contribution in [0.4, 0.5) is 0 Å². The van der Waals surface area contributed by atoms with E-state index in [-0.39, 0.29) is 0 Å².